The molecule has 1 aliphatic heterocycles. The van der Waals surface area contributed by atoms with Crippen LogP contribution in [-0.2, 0) is 15.6 Å². The van der Waals surface area contributed by atoms with Gasteiger partial charge in [0, 0.05) is 12.4 Å². The summed E-state index contributed by atoms with van der Waals surface area (Å²) in [5.74, 6) is 1.42. The number of alkyl halides is 1. The van der Waals surface area contributed by atoms with Crippen molar-refractivity contribution >= 4 is 29.3 Å². The van der Waals surface area contributed by atoms with E-state index in [0.29, 0.717) is 23.9 Å². The van der Waals surface area contributed by atoms with Crippen LogP contribution in [0.1, 0.15) is 63.6 Å². The number of carbonyl (C=O) groups excluding carboxylic acids is 1. The Labute approximate surface area is 154 Å². The minimum absolute atomic E-state index is 0.0287. The minimum Gasteiger partial charge on any atom is -0.507 e. The molecule has 1 unspecified atom stereocenters. The molecule has 0 aliphatic carbocycles. The lowest BCUT2D eigenvalue weighted by Crippen LogP contribution is -2.30. The van der Waals surface area contributed by atoms with Gasteiger partial charge in [-0.3, -0.25) is 4.79 Å². The SMILES string of the molecule is CC(C)(C)c1cc(C2SCC(=O)N2CCCl)cc(C(C)(C)C)c1O. The lowest BCUT2D eigenvalue weighted by molar-refractivity contribution is -0.127. The van der Waals surface area contributed by atoms with Gasteiger partial charge in [0.2, 0.25) is 5.91 Å². The zero-order valence-electron chi connectivity index (χ0n) is 15.4. The van der Waals surface area contributed by atoms with Gasteiger partial charge in [0.15, 0.2) is 0 Å². The Bertz CT molecular complexity index is 596. The molecule has 1 N–H and O–H groups in total. The Balaban J connectivity index is 2.60. The summed E-state index contributed by atoms with van der Waals surface area (Å²) < 4.78 is 0. The van der Waals surface area contributed by atoms with Gasteiger partial charge in [0.05, 0.1) is 5.75 Å². The predicted molar refractivity (Wildman–Crippen MR) is 103 cm³/mol. The molecule has 0 radical (unpaired) electrons. The Hall–Kier alpha value is -0.870. The third-order valence-electron chi connectivity index (χ3n) is 4.33. The van der Waals surface area contributed by atoms with E-state index in [1.165, 1.54) is 0 Å². The van der Waals surface area contributed by atoms with Crippen LogP contribution < -0.4 is 0 Å². The second kappa shape index (κ2) is 6.80. The van der Waals surface area contributed by atoms with Gasteiger partial charge in [0.25, 0.3) is 0 Å². The van der Waals surface area contributed by atoms with Crippen LogP contribution >= 0.6 is 23.4 Å². The molecule has 134 valence electrons. The Morgan fingerprint density at radius 3 is 2.08 bits per heavy atom. The largest absolute Gasteiger partial charge is 0.507 e. The van der Waals surface area contributed by atoms with E-state index in [9.17, 15) is 9.90 Å². The number of hydrogen-bond donors (Lipinski definition) is 1. The molecule has 1 aliphatic rings. The molecule has 1 atom stereocenters. The fraction of sp³-hybridized carbons (Fsp3) is 0.632. The van der Waals surface area contributed by atoms with Gasteiger partial charge in [-0.25, -0.2) is 0 Å². The summed E-state index contributed by atoms with van der Waals surface area (Å²) in [5.41, 5.74) is 2.57. The first-order valence-electron chi connectivity index (χ1n) is 8.31. The van der Waals surface area contributed by atoms with Crippen molar-refractivity contribution < 1.29 is 9.90 Å². The summed E-state index contributed by atoms with van der Waals surface area (Å²) in [4.78, 5) is 14.0. The highest BCUT2D eigenvalue weighted by Crippen LogP contribution is 2.45. The van der Waals surface area contributed by atoms with Crippen molar-refractivity contribution in [1.29, 1.82) is 0 Å². The number of phenolic OH excluding ortho intramolecular Hbond substituents is 1. The molecule has 1 amide bonds. The molecule has 0 aromatic heterocycles. The van der Waals surface area contributed by atoms with Gasteiger partial charge in [-0.1, -0.05) is 41.5 Å². The molecule has 2 rings (SSSR count). The number of benzene rings is 1. The average Bonchev–Trinajstić information content (AvgIpc) is 2.79. The van der Waals surface area contributed by atoms with Crippen LogP contribution in [0.2, 0.25) is 0 Å². The fourth-order valence-corrected chi connectivity index (χ4v) is 4.39. The number of halogens is 1. The van der Waals surface area contributed by atoms with E-state index in [4.69, 9.17) is 11.6 Å². The molecule has 5 heteroatoms. The molecule has 1 fully saturated rings. The normalized spacial score (nSPS) is 19.2. The van der Waals surface area contributed by atoms with E-state index in [2.05, 4.69) is 53.7 Å². The fourth-order valence-electron chi connectivity index (χ4n) is 3.01. The summed E-state index contributed by atoms with van der Waals surface area (Å²) in [7, 11) is 0. The summed E-state index contributed by atoms with van der Waals surface area (Å²) >= 11 is 7.52. The molecule has 3 nitrogen and oxygen atoms in total. The maximum absolute atomic E-state index is 12.2. The molecule has 0 saturated carbocycles. The summed E-state index contributed by atoms with van der Waals surface area (Å²) in [6.45, 7) is 13.1. The van der Waals surface area contributed by atoms with Crippen molar-refractivity contribution in [3.8, 4) is 5.75 Å². The van der Waals surface area contributed by atoms with Crippen molar-refractivity contribution in [3.05, 3.63) is 28.8 Å². The number of carbonyl (C=O) groups is 1. The number of thioether (sulfide) groups is 1. The van der Waals surface area contributed by atoms with Crippen LogP contribution in [0.15, 0.2) is 12.1 Å². The van der Waals surface area contributed by atoms with E-state index < -0.39 is 0 Å². The van der Waals surface area contributed by atoms with Gasteiger partial charge in [0.1, 0.15) is 11.1 Å². The second-order valence-corrected chi connectivity index (χ2v) is 9.85. The molecule has 1 aromatic carbocycles. The van der Waals surface area contributed by atoms with E-state index in [-0.39, 0.29) is 22.1 Å². The van der Waals surface area contributed by atoms with Gasteiger partial charge < -0.3 is 10.0 Å². The molecule has 1 heterocycles. The van der Waals surface area contributed by atoms with E-state index in [1.807, 2.05) is 4.90 Å². The summed E-state index contributed by atoms with van der Waals surface area (Å²) in [5, 5.41) is 10.8. The molecular formula is C19H28ClNO2S. The zero-order valence-corrected chi connectivity index (χ0v) is 17.0. The third-order valence-corrected chi connectivity index (χ3v) is 5.75. The maximum Gasteiger partial charge on any atom is 0.233 e. The van der Waals surface area contributed by atoms with E-state index >= 15 is 0 Å². The lowest BCUT2D eigenvalue weighted by atomic mass is 9.78. The average molecular weight is 370 g/mol. The first-order chi connectivity index (χ1) is 11.0. The number of aromatic hydroxyl groups is 1. The highest BCUT2D eigenvalue weighted by Gasteiger charge is 2.35. The second-order valence-electron chi connectivity index (χ2n) is 8.40. The van der Waals surface area contributed by atoms with Gasteiger partial charge in [-0.15, -0.1) is 23.4 Å². The molecule has 24 heavy (non-hydrogen) atoms. The molecule has 1 saturated heterocycles. The molecular weight excluding hydrogens is 342 g/mol. The molecule has 1 aromatic rings. The highest BCUT2D eigenvalue weighted by atomic mass is 35.5. The Morgan fingerprint density at radius 2 is 1.67 bits per heavy atom. The number of nitrogens with zero attached hydrogens (tertiary/aromatic N) is 1. The van der Waals surface area contributed by atoms with Crippen molar-refractivity contribution in [1.82, 2.24) is 4.90 Å². The molecule has 0 bridgehead atoms. The van der Waals surface area contributed by atoms with Crippen LogP contribution in [0.25, 0.3) is 0 Å². The van der Waals surface area contributed by atoms with Crippen LogP contribution in [0.3, 0.4) is 0 Å². The zero-order chi connectivity index (χ0) is 18.3. The summed E-state index contributed by atoms with van der Waals surface area (Å²) in [6.07, 6.45) is 0. The standard InChI is InChI=1S/C19H28ClNO2S/c1-18(2,3)13-9-12(10-14(16(13)23)19(4,5)6)17-21(8-7-20)15(22)11-24-17/h9-10,17,23H,7-8,11H2,1-6H3. The van der Waals surface area contributed by atoms with Crippen LogP contribution in [0, 0.1) is 0 Å². The Morgan fingerprint density at radius 1 is 1.17 bits per heavy atom. The first kappa shape index (κ1) is 19.5. The number of phenols is 1. The van der Waals surface area contributed by atoms with E-state index in [1.54, 1.807) is 11.8 Å². The predicted octanol–water partition coefficient (Wildman–Crippen LogP) is 4.80. The minimum atomic E-state index is -0.176. The van der Waals surface area contributed by atoms with Gasteiger partial charge in [-0.05, 0) is 39.7 Å². The van der Waals surface area contributed by atoms with Crippen molar-refractivity contribution in [3.63, 3.8) is 0 Å². The maximum atomic E-state index is 12.2. The topological polar surface area (TPSA) is 40.5 Å². The highest BCUT2D eigenvalue weighted by molar-refractivity contribution is 8.00. The van der Waals surface area contributed by atoms with Gasteiger partial charge >= 0.3 is 0 Å². The first-order valence-corrected chi connectivity index (χ1v) is 9.90. The van der Waals surface area contributed by atoms with Gasteiger partial charge in [-0.2, -0.15) is 0 Å². The van der Waals surface area contributed by atoms with Crippen LogP contribution in [-0.4, -0.2) is 34.1 Å². The Kier molecular flexibility index (Phi) is 5.51. The lowest BCUT2D eigenvalue weighted by Gasteiger charge is -2.31. The van der Waals surface area contributed by atoms with Crippen LogP contribution in [0.4, 0.5) is 0 Å². The van der Waals surface area contributed by atoms with Crippen molar-refractivity contribution in [2.75, 3.05) is 18.2 Å². The monoisotopic (exact) mass is 369 g/mol. The number of amides is 1. The number of hydrogen-bond acceptors (Lipinski definition) is 3. The number of rotatable bonds is 3. The van der Waals surface area contributed by atoms with Crippen molar-refractivity contribution in [2.24, 2.45) is 0 Å². The quantitative estimate of drug-likeness (QED) is 0.778. The smallest absolute Gasteiger partial charge is 0.233 e. The van der Waals surface area contributed by atoms with E-state index in [0.717, 1.165) is 16.7 Å². The van der Waals surface area contributed by atoms with Crippen LogP contribution in [0.5, 0.6) is 5.75 Å². The summed E-state index contributed by atoms with van der Waals surface area (Å²) in [6, 6.07) is 4.12. The van der Waals surface area contributed by atoms with Crippen molar-refractivity contribution in [2.45, 2.75) is 57.7 Å². The molecule has 0 spiro atoms. The third kappa shape index (κ3) is 3.85.